The Kier molecular flexibility index (Phi) is 3.22. The van der Waals surface area contributed by atoms with Crippen molar-refractivity contribution in [2.24, 2.45) is 17.1 Å². The van der Waals surface area contributed by atoms with Crippen LogP contribution in [0.15, 0.2) is 18.2 Å². The van der Waals surface area contributed by atoms with Crippen molar-refractivity contribution in [3.05, 3.63) is 34.6 Å². The molecule has 2 N–H and O–H groups in total. The third kappa shape index (κ3) is 2.38. The first-order valence-electron chi connectivity index (χ1n) is 5.69. The van der Waals surface area contributed by atoms with Crippen LogP contribution in [0.25, 0.3) is 0 Å². The monoisotopic (exact) mass is 241 g/mol. The van der Waals surface area contributed by atoms with E-state index in [1.54, 1.807) is 6.07 Å². The predicted molar refractivity (Wildman–Crippen MR) is 65.0 cm³/mol. The fourth-order valence-electron chi connectivity index (χ4n) is 2.28. The standard InChI is InChI=1S/C13H17ClFN/c1-13(8-16,10-2-3-10)7-9-6-11(15)4-5-12(9)14/h4-6,10H,2-3,7-8,16H2,1H3. The number of hydrogen-bond acceptors (Lipinski definition) is 1. The maximum Gasteiger partial charge on any atom is 0.123 e. The van der Waals surface area contributed by atoms with Crippen molar-refractivity contribution in [3.8, 4) is 0 Å². The minimum atomic E-state index is -0.227. The van der Waals surface area contributed by atoms with Crippen molar-refractivity contribution in [1.82, 2.24) is 0 Å². The summed E-state index contributed by atoms with van der Waals surface area (Å²) in [6.07, 6.45) is 3.24. The van der Waals surface area contributed by atoms with Gasteiger partial charge in [-0.1, -0.05) is 18.5 Å². The van der Waals surface area contributed by atoms with Gasteiger partial charge in [-0.15, -0.1) is 0 Å². The summed E-state index contributed by atoms with van der Waals surface area (Å²) in [5.74, 6) is 0.450. The highest BCUT2D eigenvalue weighted by Gasteiger charge is 2.40. The molecule has 0 saturated heterocycles. The third-order valence-corrected chi connectivity index (χ3v) is 4.00. The smallest absolute Gasteiger partial charge is 0.123 e. The highest BCUT2D eigenvalue weighted by Crippen LogP contribution is 2.47. The molecule has 0 aliphatic heterocycles. The van der Waals surface area contributed by atoms with E-state index < -0.39 is 0 Å². The molecule has 0 spiro atoms. The minimum Gasteiger partial charge on any atom is -0.330 e. The molecule has 1 atom stereocenters. The normalized spacial score (nSPS) is 19.5. The Morgan fingerprint density at radius 3 is 2.75 bits per heavy atom. The van der Waals surface area contributed by atoms with Crippen LogP contribution >= 0.6 is 11.6 Å². The third-order valence-electron chi connectivity index (χ3n) is 3.63. The lowest BCUT2D eigenvalue weighted by molar-refractivity contribution is 0.281. The molecule has 88 valence electrons. The molecule has 1 aromatic rings. The molecule has 1 unspecified atom stereocenters. The predicted octanol–water partition coefficient (Wildman–Crippen LogP) is 3.40. The maximum atomic E-state index is 13.2. The number of halogens is 2. The molecule has 0 amide bonds. The van der Waals surface area contributed by atoms with E-state index >= 15 is 0 Å². The summed E-state index contributed by atoms with van der Waals surface area (Å²) in [5.41, 5.74) is 6.79. The van der Waals surface area contributed by atoms with Crippen molar-refractivity contribution in [2.75, 3.05) is 6.54 Å². The number of benzene rings is 1. The van der Waals surface area contributed by atoms with Crippen LogP contribution in [-0.4, -0.2) is 6.54 Å². The van der Waals surface area contributed by atoms with Crippen molar-refractivity contribution in [2.45, 2.75) is 26.2 Å². The van der Waals surface area contributed by atoms with Gasteiger partial charge in [0, 0.05) is 5.02 Å². The maximum absolute atomic E-state index is 13.2. The van der Waals surface area contributed by atoms with E-state index in [1.165, 1.54) is 25.0 Å². The van der Waals surface area contributed by atoms with Gasteiger partial charge < -0.3 is 5.73 Å². The molecular formula is C13H17ClFN. The van der Waals surface area contributed by atoms with Crippen LogP contribution < -0.4 is 5.73 Å². The molecule has 0 aromatic heterocycles. The Morgan fingerprint density at radius 2 is 2.19 bits per heavy atom. The van der Waals surface area contributed by atoms with Gasteiger partial charge in [-0.05, 0) is 60.9 Å². The van der Waals surface area contributed by atoms with E-state index in [-0.39, 0.29) is 11.2 Å². The fourth-order valence-corrected chi connectivity index (χ4v) is 2.46. The zero-order valence-electron chi connectivity index (χ0n) is 9.47. The minimum absolute atomic E-state index is 0.0669. The topological polar surface area (TPSA) is 26.0 Å². The van der Waals surface area contributed by atoms with E-state index in [1.807, 2.05) is 0 Å². The van der Waals surface area contributed by atoms with Crippen LogP contribution in [0.5, 0.6) is 0 Å². The lowest BCUT2D eigenvalue weighted by atomic mass is 9.79. The molecule has 16 heavy (non-hydrogen) atoms. The summed E-state index contributed by atoms with van der Waals surface area (Å²) in [4.78, 5) is 0. The van der Waals surface area contributed by atoms with Crippen molar-refractivity contribution < 1.29 is 4.39 Å². The van der Waals surface area contributed by atoms with Crippen LogP contribution in [-0.2, 0) is 6.42 Å². The molecule has 2 rings (SSSR count). The average molecular weight is 242 g/mol. The van der Waals surface area contributed by atoms with Gasteiger partial charge >= 0.3 is 0 Å². The van der Waals surface area contributed by atoms with Crippen LogP contribution in [0, 0.1) is 17.2 Å². The van der Waals surface area contributed by atoms with Crippen LogP contribution in [0.4, 0.5) is 4.39 Å². The number of nitrogens with two attached hydrogens (primary N) is 1. The molecular weight excluding hydrogens is 225 g/mol. The Bertz CT molecular complexity index is 390. The Balaban J connectivity index is 2.21. The van der Waals surface area contributed by atoms with Gasteiger partial charge in [0.1, 0.15) is 5.82 Å². The SMILES string of the molecule is CC(CN)(Cc1cc(F)ccc1Cl)C1CC1. The molecule has 1 saturated carbocycles. The Hall–Kier alpha value is -0.600. The van der Waals surface area contributed by atoms with Gasteiger partial charge in [-0.3, -0.25) is 0 Å². The summed E-state index contributed by atoms with van der Waals surface area (Å²) >= 11 is 6.08. The van der Waals surface area contributed by atoms with Gasteiger partial charge in [-0.2, -0.15) is 0 Å². The van der Waals surface area contributed by atoms with E-state index in [0.29, 0.717) is 17.5 Å². The molecule has 1 aromatic carbocycles. The van der Waals surface area contributed by atoms with Gasteiger partial charge in [-0.25, -0.2) is 4.39 Å². The van der Waals surface area contributed by atoms with E-state index in [0.717, 1.165) is 12.0 Å². The van der Waals surface area contributed by atoms with Crippen LogP contribution in [0.3, 0.4) is 0 Å². The van der Waals surface area contributed by atoms with E-state index in [9.17, 15) is 4.39 Å². The quantitative estimate of drug-likeness (QED) is 0.859. The van der Waals surface area contributed by atoms with Crippen LogP contribution in [0.1, 0.15) is 25.3 Å². The zero-order chi connectivity index (χ0) is 11.8. The molecule has 1 nitrogen and oxygen atoms in total. The van der Waals surface area contributed by atoms with Gasteiger partial charge in [0.2, 0.25) is 0 Å². The van der Waals surface area contributed by atoms with E-state index in [2.05, 4.69) is 6.92 Å². The summed E-state index contributed by atoms with van der Waals surface area (Å²) < 4.78 is 13.2. The molecule has 1 aliphatic rings. The molecule has 3 heteroatoms. The first-order chi connectivity index (χ1) is 7.55. The zero-order valence-corrected chi connectivity index (χ0v) is 10.2. The molecule has 1 aliphatic carbocycles. The molecule has 0 heterocycles. The number of rotatable bonds is 4. The summed E-state index contributed by atoms with van der Waals surface area (Å²) in [7, 11) is 0. The summed E-state index contributed by atoms with van der Waals surface area (Å²) in [6.45, 7) is 2.80. The highest BCUT2D eigenvalue weighted by molar-refractivity contribution is 6.31. The Labute approximate surface area is 101 Å². The lowest BCUT2D eigenvalue weighted by Gasteiger charge is -2.28. The summed E-state index contributed by atoms with van der Waals surface area (Å²) in [5, 5.41) is 0.640. The molecule has 0 bridgehead atoms. The van der Waals surface area contributed by atoms with Gasteiger partial charge in [0.25, 0.3) is 0 Å². The van der Waals surface area contributed by atoms with Gasteiger partial charge in [0.15, 0.2) is 0 Å². The van der Waals surface area contributed by atoms with E-state index in [4.69, 9.17) is 17.3 Å². The van der Waals surface area contributed by atoms with Crippen molar-refractivity contribution >= 4 is 11.6 Å². The average Bonchev–Trinajstić information content (AvgIpc) is 3.07. The molecule has 0 radical (unpaired) electrons. The fraction of sp³-hybridized carbons (Fsp3) is 0.538. The largest absolute Gasteiger partial charge is 0.330 e. The highest BCUT2D eigenvalue weighted by atomic mass is 35.5. The lowest BCUT2D eigenvalue weighted by Crippen LogP contribution is -2.31. The van der Waals surface area contributed by atoms with Crippen LogP contribution in [0.2, 0.25) is 5.02 Å². The first-order valence-corrected chi connectivity index (χ1v) is 6.07. The second-order valence-corrected chi connectivity index (χ2v) is 5.45. The number of hydrogen-bond donors (Lipinski definition) is 1. The Morgan fingerprint density at radius 1 is 1.50 bits per heavy atom. The first kappa shape index (κ1) is 11.9. The second-order valence-electron chi connectivity index (χ2n) is 5.04. The molecule has 1 fully saturated rings. The second kappa shape index (κ2) is 4.34. The van der Waals surface area contributed by atoms with Crippen molar-refractivity contribution in [1.29, 1.82) is 0 Å². The van der Waals surface area contributed by atoms with Crippen molar-refractivity contribution in [3.63, 3.8) is 0 Å². The summed E-state index contributed by atoms with van der Waals surface area (Å²) in [6, 6.07) is 4.54. The van der Waals surface area contributed by atoms with Gasteiger partial charge in [0.05, 0.1) is 0 Å².